The van der Waals surface area contributed by atoms with Crippen LogP contribution in [0.25, 0.3) is 0 Å². The summed E-state index contributed by atoms with van der Waals surface area (Å²) in [5.74, 6) is 0.449. The van der Waals surface area contributed by atoms with Crippen LogP contribution in [0.2, 0.25) is 10.0 Å². The molecule has 43 heavy (non-hydrogen) atoms. The zero-order valence-corrected chi connectivity index (χ0v) is 25.0. The Bertz CT molecular complexity index is 1490. The molecule has 0 saturated carbocycles. The van der Waals surface area contributed by atoms with Gasteiger partial charge in [-0.05, 0) is 19.1 Å². The minimum atomic E-state index is -4.72. The number of amides is 2. The predicted octanol–water partition coefficient (Wildman–Crippen LogP) is 3.63. The quantitative estimate of drug-likeness (QED) is 0.403. The molecule has 2 aromatic heterocycles. The fourth-order valence-electron chi connectivity index (χ4n) is 5.15. The lowest BCUT2D eigenvalue weighted by Crippen LogP contribution is -2.51. The molecule has 5 rings (SSSR count). The van der Waals surface area contributed by atoms with Crippen molar-refractivity contribution >= 4 is 46.7 Å². The van der Waals surface area contributed by atoms with E-state index in [-0.39, 0.29) is 37.1 Å². The summed E-state index contributed by atoms with van der Waals surface area (Å²) in [5, 5.41) is 3.30. The van der Waals surface area contributed by atoms with Gasteiger partial charge in [0.2, 0.25) is 11.9 Å². The topological polar surface area (TPSA) is 99.9 Å². The number of nitrogens with zero attached hydrogens (tertiary/aromatic N) is 8. The van der Waals surface area contributed by atoms with Gasteiger partial charge in [-0.25, -0.2) is 9.97 Å². The predicted molar refractivity (Wildman–Crippen MR) is 154 cm³/mol. The molecule has 0 unspecified atom stereocenters. The molecule has 2 aliphatic heterocycles. The second kappa shape index (κ2) is 12.4. The number of carbonyl (C=O) groups is 2. The normalized spacial score (nSPS) is 16.1. The van der Waals surface area contributed by atoms with Crippen LogP contribution in [0, 0.1) is 6.92 Å². The van der Waals surface area contributed by atoms with Crippen molar-refractivity contribution in [3.05, 3.63) is 57.6 Å². The Labute approximate surface area is 255 Å². The number of benzene rings is 1. The third kappa shape index (κ3) is 6.44. The second-order valence-electron chi connectivity index (χ2n) is 10.1. The van der Waals surface area contributed by atoms with Crippen LogP contribution in [0.5, 0.6) is 5.75 Å². The van der Waals surface area contributed by atoms with Gasteiger partial charge in [0, 0.05) is 70.8 Å². The van der Waals surface area contributed by atoms with Crippen LogP contribution >= 0.6 is 23.2 Å². The van der Waals surface area contributed by atoms with Gasteiger partial charge in [-0.1, -0.05) is 23.2 Å². The highest BCUT2D eigenvalue weighted by Gasteiger charge is 2.38. The highest BCUT2D eigenvalue weighted by molar-refractivity contribution is 6.32. The minimum absolute atomic E-state index is 0.0644. The van der Waals surface area contributed by atoms with Crippen LogP contribution in [0.1, 0.15) is 21.7 Å². The zero-order valence-electron chi connectivity index (χ0n) is 23.4. The molecule has 2 amide bonds. The number of anilines is 2. The third-order valence-corrected chi connectivity index (χ3v) is 8.31. The van der Waals surface area contributed by atoms with Gasteiger partial charge in [0.15, 0.2) is 5.69 Å². The molecular weight excluding hydrogens is 612 g/mol. The molecule has 0 atom stereocenters. The van der Waals surface area contributed by atoms with Gasteiger partial charge in [-0.3, -0.25) is 14.3 Å². The summed E-state index contributed by atoms with van der Waals surface area (Å²) >= 11 is 12.3. The zero-order chi connectivity index (χ0) is 30.9. The second-order valence-corrected chi connectivity index (χ2v) is 10.9. The molecule has 2 saturated heterocycles. The Kier molecular flexibility index (Phi) is 8.88. The first kappa shape index (κ1) is 30.7. The van der Waals surface area contributed by atoms with E-state index >= 15 is 0 Å². The highest BCUT2D eigenvalue weighted by atomic mass is 35.5. The van der Waals surface area contributed by atoms with E-state index in [1.807, 2.05) is 9.80 Å². The van der Waals surface area contributed by atoms with Crippen LogP contribution in [0.15, 0.2) is 30.6 Å². The van der Waals surface area contributed by atoms with Gasteiger partial charge in [0.05, 0.1) is 34.1 Å². The molecule has 4 heterocycles. The number of alkyl halides is 3. The van der Waals surface area contributed by atoms with Gasteiger partial charge in [-0.15, -0.1) is 0 Å². The van der Waals surface area contributed by atoms with Gasteiger partial charge in [0.1, 0.15) is 12.3 Å². The first-order valence-electron chi connectivity index (χ1n) is 13.5. The molecule has 3 aromatic rings. The highest BCUT2D eigenvalue weighted by Crippen LogP contribution is 2.36. The fraction of sp³-hybridized carbons (Fsp3) is 0.444. The molecule has 230 valence electrons. The third-order valence-electron chi connectivity index (χ3n) is 7.56. The van der Waals surface area contributed by atoms with Gasteiger partial charge < -0.3 is 24.3 Å². The Morgan fingerprint density at radius 2 is 1.53 bits per heavy atom. The summed E-state index contributed by atoms with van der Waals surface area (Å²) in [6, 6.07) is 5.07. The number of halogens is 5. The summed E-state index contributed by atoms with van der Waals surface area (Å²) < 4.78 is 46.0. The lowest BCUT2D eigenvalue weighted by molar-refractivity contribution is -0.142. The number of hydrogen-bond acceptors (Lipinski definition) is 8. The van der Waals surface area contributed by atoms with Gasteiger partial charge in [-0.2, -0.15) is 18.3 Å². The maximum atomic E-state index is 13.8. The summed E-state index contributed by atoms with van der Waals surface area (Å²) in [4.78, 5) is 42.6. The van der Waals surface area contributed by atoms with Crippen molar-refractivity contribution in [1.82, 2.24) is 29.5 Å². The first-order valence-corrected chi connectivity index (χ1v) is 14.2. The Balaban J connectivity index is 1.27. The fourth-order valence-corrected chi connectivity index (χ4v) is 5.63. The number of ether oxygens (including phenoxy) is 1. The molecule has 16 heteroatoms. The average molecular weight is 641 g/mol. The number of methoxy groups -OCH3 is 1. The lowest BCUT2D eigenvalue weighted by Gasteiger charge is -2.38. The molecule has 11 nitrogen and oxygen atoms in total. The van der Waals surface area contributed by atoms with Crippen molar-refractivity contribution in [2.45, 2.75) is 19.6 Å². The van der Waals surface area contributed by atoms with Crippen molar-refractivity contribution in [1.29, 1.82) is 0 Å². The molecule has 0 N–H and O–H groups in total. The van der Waals surface area contributed by atoms with Crippen molar-refractivity contribution < 1.29 is 27.5 Å². The first-order chi connectivity index (χ1) is 20.5. The van der Waals surface area contributed by atoms with Crippen LogP contribution in [0.3, 0.4) is 0 Å². The van der Waals surface area contributed by atoms with Crippen molar-refractivity contribution in [3.8, 4) is 5.75 Å². The van der Waals surface area contributed by atoms with Crippen LogP contribution < -0.4 is 14.5 Å². The smallest absolute Gasteiger partial charge is 0.436 e. The molecule has 0 aliphatic carbocycles. The van der Waals surface area contributed by atoms with E-state index in [2.05, 4.69) is 15.1 Å². The molecule has 0 radical (unpaired) electrons. The van der Waals surface area contributed by atoms with Gasteiger partial charge in [0.25, 0.3) is 5.91 Å². The summed E-state index contributed by atoms with van der Waals surface area (Å²) in [7, 11) is 1.49. The van der Waals surface area contributed by atoms with Crippen molar-refractivity contribution in [2.75, 3.05) is 69.3 Å². The van der Waals surface area contributed by atoms with Crippen molar-refractivity contribution in [3.63, 3.8) is 0 Å². The summed E-state index contributed by atoms with van der Waals surface area (Å²) in [5.41, 5.74) is -0.115. The molecule has 0 spiro atoms. The number of carbonyl (C=O) groups excluding carboxylic acids is 2. The summed E-state index contributed by atoms with van der Waals surface area (Å²) in [6.07, 6.45) is -1.37. The Morgan fingerprint density at radius 1 is 0.930 bits per heavy atom. The Morgan fingerprint density at radius 3 is 2.12 bits per heavy atom. The van der Waals surface area contributed by atoms with Crippen LogP contribution in [-0.2, 0) is 17.5 Å². The minimum Gasteiger partial charge on any atom is -0.495 e. The van der Waals surface area contributed by atoms with Crippen LogP contribution in [0.4, 0.5) is 24.8 Å². The number of aromatic nitrogens is 4. The van der Waals surface area contributed by atoms with Crippen molar-refractivity contribution in [2.24, 2.45) is 0 Å². The van der Waals surface area contributed by atoms with Gasteiger partial charge >= 0.3 is 6.18 Å². The monoisotopic (exact) mass is 640 g/mol. The number of rotatable bonds is 6. The van der Waals surface area contributed by atoms with E-state index < -0.39 is 16.9 Å². The molecule has 2 fully saturated rings. The van der Waals surface area contributed by atoms with E-state index in [0.29, 0.717) is 67.2 Å². The van der Waals surface area contributed by atoms with E-state index in [0.717, 1.165) is 4.68 Å². The standard InChI is InChI=1S/C27H29Cl2F3N8O3/c1-17-23(29)24(27(30,31)32)35-40(17)16-22(41)37-8-6-36(7-9-37)20-15-21(43-2)19(28)14-18(20)25(42)38-10-12-39(13-11-38)26-33-4-3-5-34-26/h3-5,14-15H,6-13,16H2,1-2H3. The van der Waals surface area contributed by atoms with Crippen LogP contribution in [-0.4, -0.2) is 101 Å². The SMILES string of the molecule is COc1cc(N2CCN(C(=O)Cn3nc(C(F)(F)F)c(Cl)c3C)CC2)c(C(=O)N2CCN(c3ncccn3)CC2)cc1Cl. The van der Waals surface area contributed by atoms with E-state index in [1.54, 1.807) is 40.4 Å². The summed E-state index contributed by atoms with van der Waals surface area (Å²) in [6.45, 7) is 4.41. The lowest BCUT2D eigenvalue weighted by atomic mass is 10.1. The van der Waals surface area contributed by atoms with E-state index in [1.165, 1.54) is 14.0 Å². The number of piperazine rings is 2. The number of hydrogen-bond donors (Lipinski definition) is 0. The maximum absolute atomic E-state index is 13.8. The molecule has 2 aliphatic rings. The molecule has 1 aromatic carbocycles. The Hall–Kier alpha value is -3.78. The largest absolute Gasteiger partial charge is 0.495 e. The van der Waals surface area contributed by atoms with E-state index in [9.17, 15) is 22.8 Å². The molecular formula is C27H29Cl2F3N8O3. The maximum Gasteiger partial charge on any atom is 0.436 e. The van der Waals surface area contributed by atoms with E-state index in [4.69, 9.17) is 27.9 Å². The average Bonchev–Trinajstić information content (AvgIpc) is 3.30. The molecule has 0 bridgehead atoms.